The summed E-state index contributed by atoms with van der Waals surface area (Å²) < 4.78 is 27.4. The van der Waals surface area contributed by atoms with Crippen molar-refractivity contribution < 1.29 is 13.5 Å². The minimum atomic E-state index is -3.46. The van der Waals surface area contributed by atoms with Gasteiger partial charge in [0.1, 0.15) is 0 Å². The van der Waals surface area contributed by atoms with E-state index >= 15 is 0 Å². The molecule has 1 aromatic carbocycles. The number of hydrogen-bond acceptors (Lipinski definition) is 4. The van der Waals surface area contributed by atoms with Crippen LogP contribution in [-0.4, -0.2) is 37.0 Å². The second-order valence-electron chi connectivity index (χ2n) is 5.81. The molecule has 6 heteroatoms. The van der Waals surface area contributed by atoms with Gasteiger partial charge in [-0.3, -0.25) is 0 Å². The topological polar surface area (TPSA) is 69.6 Å². The minimum Gasteiger partial charge on any atom is -0.396 e. The van der Waals surface area contributed by atoms with Crippen molar-refractivity contribution >= 4 is 10.0 Å². The molecular formula is C15H22N2O3S. The maximum atomic E-state index is 12.9. The SMILES string of the molecule is O=S(=O)(c1ccc2c(c1)CNC2)N(CCCO)C1CCC1. The van der Waals surface area contributed by atoms with E-state index in [2.05, 4.69) is 5.32 Å². The molecule has 0 radical (unpaired) electrons. The number of rotatable bonds is 6. The van der Waals surface area contributed by atoms with Gasteiger partial charge in [0.05, 0.1) is 4.90 Å². The Morgan fingerprint density at radius 3 is 2.67 bits per heavy atom. The van der Waals surface area contributed by atoms with Gasteiger partial charge < -0.3 is 10.4 Å². The Hall–Kier alpha value is -0.950. The quantitative estimate of drug-likeness (QED) is 0.829. The van der Waals surface area contributed by atoms with Gasteiger partial charge in [0, 0.05) is 32.3 Å². The Balaban J connectivity index is 1.89. The summed E-state index contributed by atoms with van der Waals surface area (Å²) in [4.78, 5) is 0.384. The highest BCUT2D eigenvalue weighted by molar-refractivity contribution is 7.89. The number of benzene rings is 1. The second-order valence-corrected chi connectivity index (χ2v) is 7.70. The van der Waals surface area contributed by atoms with Gasteiger partial charge in [0.15, 0.2) is 0 Å². The molecule has 1 aromatic rings. The maximum Gasteiger partial charge on any atom is 0.243 e. The van der Waals surface area contributed by atoms with Crippen molar-refractivity contribution in [3.05, 3.63) is 29.3 Å². The van der Waals surface area contributed by atoms with Gasteiger partial charge in [-0.05, 0) is 42.5 Å². The lowest BCUT2D eigenvalue weighted by atomic mass is 9.93. The van der Waals surface area contributed by atoms with E-state index in [4.69, 9.17) is 5.11 Å². The largest absolute Gasteiger partial charge is 0.396 e. The summed E-state index contributed by atoms with van der Waals surface area (Å²) in [5.74, 6) is 0. The summed E-state index contributed by atoms with van der Waals surface area (Å²) in [6.45, 7) is 1.97. The van der Waals surface area contributed by atoms with Gasteiger partial charge in [-0.15, -0.1) is 0 Å². The zero-order chi connectivity index (χ0) is 14.9. The highest BCUT2D eigenvalue weighted by atomic mass is 32.2. The smallest absolute Gasteiger partial charge is 0.243 e. The first-order valence-corrected chi connectivity index (χ1v) is 9.02. The Morgan fingerprint density at radius 1 is 1.24 bits per heavy atom. The fraction of sp³-hybridized carbons (Fsp3) is 0.600. The van der Waals surface area contributed by atoms with E-state index < -0.39 is 10.0 Å². The van der Waals surface area contributed by atoms with Crippen LogP contribution < -0.4 is 5.32 Å². The third kappa shape index (κ3) is 2.85. The molecule has 0 saturated heterocycles. The molecule has 0 bridgehead atoms. The highest BCUT2D eigenvalue weighted by Gasteiger charge is 2.34. The Kier molecular flexibility index (Phi) is 4.31. The Labute approximate surface area is 126 Å². The lowest BCUT2D eigenvalue weighted by molar-refractivity contribution is 0.198. The van der Waals surface area contributed by atoms with E-state index in [1.54, 1.807) is 16.4 Å². The fourth-order valence-corrected chi connectivity index (χ4v) is 4.74. The van der Waals surface area contributed by atoms with Crippen LogP contribution >= 0.6 is 0 Å². The van der Waals surface area contributed by atoms with Crippen LogP contribution in [0.4, 0.5) is 0 Å². The molecule has 2 aliphatic rings. The molecule has 3 rings (SSSR count). The van der Waals surface area contributed by atoms with Crippen molar-refractivity contribution in [2.75, 3.05) is 13.2 Å². The van der Waals surface area contributed by atoms with Crippen LogP contribution in [-0.2, 0) is 23.1 Å². The van der Waals surface area contributed by atoms with Crippen molar-refractivity contribution in [1.29, 1.82) is 0 Å². The van der Waals surface area contributed by atoms with Crippen molar-refractivity contribution in [2.45, 2.75) is 49.7 Å². The van der Waals surface area contributed by atoms with Crippen LogP contribution in [0.3, 0.4) is 0 Å². The molecule has 1 saturated carbocycles. The van der Waals surface area contributed by atoms with Crippen LogP contribution in [0.5, 0.6) is 0 Å². The molecule has 1 heterocycles. The van der Waals surface area contributed by atoms with E-state index in [-0.39, 0.29) is 12.6 Å². The van der Waals surface area contributed by atoms with Crippen LogP contribution in [0.15, 0.2) is 23.1 Å². The lowest BCUT2D eigenvalue weighted by Gasteiger charge is -2.36. The predicted molar refractivity (Wildman–Crippen MR) is 80.2 cm³/mol. The molecule has 1 aliphatic heterocycles. The monoisotopic (exact) mass is 310 g/mol. The molecule has 0 spiro atoms. The van der Waals surface area contributed by atoms with Gasteiger partial charge >= 0.3 is 0 Å². The molecule has 2 N–H and O–H groups in total. The first-order chi connectivity index (χ1) is 10.1. The average Bonchev–Trinajstić information content (AvgIpc) is 2.88. The van der Waals surface area contributed by atoms with Crippen molar-refractivity contribution in [3.8, 4) is 0 Å². The van der Waals surface area contributed by atoms with Gasteiger partial charge in [-0.2, -0.15) is 4.31 Å². The summed E-state index contributed by atoms with van der Waals surface area (Å²) in [5, 5.41) is 12.3. The first kappa shape index (κ1) is 15.0. The predicted octanol–water partition coefficient (Wildman–Crippen LogP) is 1.22. The molecule has 116 valence electrons. The number of nitrogens with zero attached hydrogens (tertiary/aromatic N) is 1. The maximum absolute atomic E-state index is 12.9. The molecule has 21 heavy (non-hydrogen) atoms. The third-order valence-electron chi connectivity index (χ3n) is 4.43. The van der Waals surface area contributed by atoms with E-state index in [0.717, 1.165) is 37.9 Å². The number of aliphatic hydroxyl groups is 1. The van der Waals surface area contributed by atoms with Crippen molar-refractivity contribution in [2.24, 2.45) is 0 Å². The number of hydrogen-bond donors (Lipinski definition) is 2. The molecule has 5 nitrogen and oxygen atoms in total. The summed E-state index contributed by atoms with van der Waals surface area (Å²) >= 11 is 0. The summed E-state index contributed by atoms with van der Waals surface area (Å²) in [6.07, 6.45) is 3.43. The number of fused-ring (bicyclic) bond motifs is 1. The lowest BCUT2D eigenvalue weighted by Crippen LogP contribution is -2.44. The van der Waals surface area contributed by atoms with Gasteiger partial charge in [0.2, 0.25) is 10.0 Å². The standard InChI is InChI=1S/C15H22N2O3S/c18-8-2-7-17(14-3-1-4-14)21(19,20)15-6-5-12-10-16-11-13(12)9-15/h5-6,9,14,16,18H,1-4,7-8,10-11H2. The van der Waals surface area contributed by atoms with Gasteiger partial charge in [-0.25, -0.2) is 8.42 Å². The molecule has 0 aromatic heterocycles. The number of aliphatic hydroxyl groups excluding tert-OH is 1. The van der Waals surface area contributed by atoms with Crippen LogP contribution in [0, 0.1) is 0 Å². The van der Waals surface area contributed by atoms with Crippen LogP contribution in [0.25, 0.3) is 0 Å². The highest BCUT2D eigenvalue weighted by Crippen LogP contribution is 2.31. The van der Waals surface area contributed by atoms with Gasteiger partial charge in [-0.1, -0.05) is 12.5 Å². The molecule has 0 atom stereocenters. The van der Waals surface area contributed by atoms with E-state index in [9.17, 15) is 8.42 Å². The number of nitrogens with one attached hydrogen (secondary N) is 1. The Bertz CT molecular complexity index is 611. The zero-order valence-corrected chi connectivity index (χ0v) is 12.9. The van der Waals surface area contributed by atoms with E-state index in [1.807, 2.05) is 6.07 Å². The van der Waals surface area contributed by atoms with Gasteiger partial charge in [0.25, 0.3) is 0 Å². The minimum absolute atomic E-state index is 0.0207. The fourth-order valence-electron chi connectivity index (χ4n) is 2.97. The molecule has 0 unspecified atom stereocenters. The number of sulfonamides is 1. The van der Waals surface area contributed by atoms with E-state index in [0.29, 0.717) is 17.9 Å². The Morgan fingerprint density at radius 2 is 2.00 bits per heavy atom. The van der Waals surface area contributed by atoms with Crippen LogP contribution in [0.2, 0.25) is 0 Å². The molecule has 0 amide bonds. The average molecular weight is 310 g/mol. The van der Waals surface area contributed by atoms with Crippen molar-refractivity contribution in [1.82, 2.24) is 9.62 Å². The van der Waals surface area contributed by atoms with Crippen LogP contribution in [0.1, 0.15) is 36.8 Å². The first-order valence-electron chi connectivity index (χ1n) is 7.58. The summed E-state index contributed by atoms with van der Waals surface area (Å²) in [7, 11) is -3.46. The normalized spacial score (nSPS) is 18.8. The van der Waals surface area contributed by atoms with E-state index in [1.165, 1.54) is 5.56 Å². The molecule has 1 fully saturated rings. The molecular weight excluding hydrogens is 288 g/mol. The summed E-state index contributed by atoms with van der Waals surface area (Å²) in [6, 6.07) is 5.53. The van der Waals surface area contributed by atoms with Crippen molar-refractivity contribution in [3.63, 3.8) is 0 Å². The third-order valence-corrected chi connectivity index (χ3v) is 6.38. The molecule has 1 aliphatic carbocycles. The zero-order valence-electron chi connectivity index (χ0n) is 12.1. The summed E-state index contributed by atoms with van der Waals surface area (Å²) in [5.41, 5.74) is 2.26. The second kappa shape index (κ2) is 6.04.